The number of halogens is 2. The second-order valence-electron chi connectivity index (χ2n) is 2.97. The molecule has 1 fully saturated rings. The van der Waals surface area contributed by atoms with Gasteiger partial charge in [0.15, 0.2) is 11.6 Å². The van der Waals surface area contributed by atoms with E-state index in [0.29, 0.717) is 5.75 Å². The Morgan fingerprint density at radius 1 is 1.46 bits per heavy atom. The summed E-state index contributed by atoms with van der Waals surface area (Å²) >= 11 is 3.26. The maximum absolute atomic E-state index is 13.1. The third-order valence-electron chi connectivity index (χ3n) is 1.93. The van der Waals surface area contributed by atoms with Gasteiger partial charge in [-0.15, -0.1) is 0 Å². The summed E-state index contributed by atoms with van der Waals surface area (Å²) in [5.74, 6) is 0.0102. The van der Waals surface area contributed by atoms with E-state index in [0.717, 1.165) is 17.6 Å². The standard InChI is InChI=1S/C9H9BrFNO/c10-6-1-2-8(11)9(3-6)13-7-4-12-5-7/h1-3,7,12H,4-5H2. The molecule has 0 bridgehead atoms. The van der Waals surface area contributed by atoms with Gasteiger partial charge < -0.3 is 10.1 Å². The molecule has 0 aromatic heterocycles. The molecule has 0 unspecified atom stereocenters. The van der Waals surface area contributed by atoms with Crippen molar-refractivity contribution >= 4 is 15.9 Å². The molecule has 1 N–H and O–H groups in total. The van der Waals surface area contributed by atoms with Crippen LogP contribution in [-0.2, 0) is 0 Å². The molecule has 0 atom stereocenters. The van der Waals surface area contributed by atoms with E-state index in [1.54, 1.807) is 12.1 Å². The first-order chi connectivity index (χ1) is 6.25. The number of rotatable bonds is 2. The Bertz CT molecular complexity index is 314. The first kappa shape index (κ1) is 8.97. The van der Waals surface area contributed by atoms with Crippen molar-refractivity contribution in [3.63, 3.8) is 0 Å². The van der Waals surface area contributed by atoms with Crippen molar-refractivity contribution in [2.24, 2.45) is 0 Å². The molecule has 0 saturated carbocycles. The van der Waals surface area contributed by atoms with Gasteiger partial charge >= 0.3 is 0 Å². The first-order valence-electron chi connectivity index (χ1n) is 4.08. The summed E-state index contributed by atoms with van der Waals surface area (Å²) < 4.78 is 19.3. The van der Waals surface area contributed by atoms with Crippen molar-refractivity contribution in [1.29, 1.82) is 0 Å². The van der Waals surface area contributed by atoms with Gasteiger partial charge in [0.2, 0.25) is 0 Å². The lowest BCUT2D eigenvalue weighted by Crippen LogP contribution is -2.50. The van der Waals surface area contributed by atoms with Crippen molar-refractivity contribution in [3.05, 3.63) is 28.5 Å². The third-order valence-corrected chi connectivity index (χ3v) is 2.42. The van der Waals surface area contributed by atoms with Crippen molar-refractivity contribution in [1.82, 2.24) is 5.32 Å². The lowest BCUT2D eigenvalue weighted by Gasteiger charge is -2.27. The fraction of sp³-hybridized carbons (Fsp3) is 0.333. The molecule has 1 heterocycles. The maximum atomic E-state index is 13.1. The van der Waals surface area contributed by atoms with E-state index in [9.17, 15) is 4.39 Å². The van der Waals surface area contributed by atoms with Gasteiger partial charge in [-0.05, 0) is 18.2 Å². The fourth-order valence-electron chi connectivity index (χ4n) is 1.09. The lowest BCUT2D eigenvalue weighted by molar-refractivity contribution is 0.136. The highest BCUT2D eigenvalue weighted by molar-refractivity contribution is 9.10. The molecule has 1 aliphatic heterocycles. The summed E-state index contributed by atoms with van der Waals surface area (Å²) in [7, 11) is 0. The fourth-order valence-corrected chi connectivity index (χ4v) is 1.43. The summed E-state index contributed by atoms with van der Waals surface area (Å²) in [6.07, 6.45) is 0.115. The molecule has 0 amide bonds. The highest BCUT2D eigenvalue weighted by Gasteiger charge is 2.19. The molecule has 2 nitrogen and oxygen atoms in total. The monoisotopic (exact) mass is 245 g/mol. The molecular weight excluding hydrogens is 237 g/mol. The van der Waals surface area contributed by atoms with Gasteiger partial charge in [-0.25, -0.2) is 4.39 Å². The Labute approximate surface area is 84.2 Å². The predicted octanol–water partition coefficient (Wildman–Crippen LogP) is 1.94. The van der Waals surface area contributed by atoms with Crippen LogP contribution in [0.1, 0.15) is 0 Å². The minimum Gasteiger partial charge on any atom is -0.485 e. The van der Waals surface area contributed by atoms with E-state index >= 15 is 0 Å². The zero-order valence-electron chi connectivity index (χ0n) is 6.89. The SMILES string of the molecule is Fc1ccc(Br)cc1OC1CNC1. The normalized spacial score (nSPS) is 16.8. The van der Waals surface area contributed by atoms with Crippen LogP contribution < -0.4 is 10.1 Å². The quantitative estimate of drug-likeness (QED) is 0.860. The van der Waals surface area contributed by atoms with Gasteiger partial charge in [0, 0.05) is 17.6 Å². The maximum Gasteiger partial charge on any atom is 0.165 e. The Hall–Kier alpha value is -0.610. The lowest BCUT2D eigenvalue weighted by atomic mass is 10.2. The molecule has 0 aliphatic carbocycles. The topological polar surface area (TPSA) is 21.3 Å². The Kier molecular flexibility index (Phi) is 2.51. The van der Waals surface area contributed by atoms with Crippen LogP contribution in [0.2, 0.25) is 0 Å². The molecular formula is C9H9BrFNO. The van der Waals surface area contributed by atoms with Gasteiger partial charge in [0.25, 0.3) is 0 Å². The summed E-state index contributed by atoms with van der Waals surface area (Å²) in [5, 5.41) is 3.06. The largest absolute Gasteiger partial charge is 0.485 e. The van der Waals surface area contributed by atoms with Crippen molar-refractivity contribution in [2.45, 2.75) is 6.10 Å². The van der Waals surface area contributed by atoms with Crippen LogP contribution in [0.5, 0.6) is 5.75 Å². The Morgan fingerprint density at radius 2 is 2.23 bits per heavy atom. The summed E-state index contributed by atoms with van der Waals surface area (Å²) in [5.41, 5.74) is 0. The van der Waals surface area contributed by atoms with Crippen molar-refractivity contribution in [2.75, 3.05) is 13.1 Å². The summed E-state index contributed by atoms with van der Waals surface area (Å²) in [6, 6.07) is 4.69. The molecule has 1 saturated heterocycles. The molecule has 4 heteroatoms. The minimum absolute atomic E-state index is 0.115. The zero-order valence-corrected chi connectivity index (χ0v) is 8.47. The molecule has 1 aliphatic rings. The highest BCUT2D eigenvalue weighted by Crippen LogP contribution is 2.23. The van der Waals surface area contributed by atoms with Gasteiger partial charge in [-0.3, -0.25) is 0 Å². The van der Waals surface area contributed by atoms with E-state index < -0.39 is 0 Å². The average molecular weight is 246 g/mol. The molecule has 70 valence electrons. The van der Waals surface area contributed by atoms with Crippen molar-refractivity contribution in [3.8, 4) is 5.75 Å². The zero-order chi connectivity index (χ0) is 9.26. The Balaban J connectivity index is 2.13. The number of nitrogens with one attached hydrogen (secondary N) is 1. The first-order valence-corrected chi connectivity index (χ1v) is 4.87. The van der Waals surface area contributed by atoms with Crippen LogP contribution in [0.3, 0.4) is 0 Å². The average Bonchev–Trinajstić information content (AvgIpc) is 2.03. The summed E-state index contributed by atoms with van der Waals surface area (Å²) in [6.45, 7) is 1.60. The smallest absolute Gasteiger partial charge is 0.165 e. The predicted molar refractivity (Wildman–Crippen MR) is 51.4 cm³/mol. The molecule has 1 aromatic carbocycles. The number of hydrogen-bond acceptors (Lipinski definition) is 2. The second kappa shape index (κ2) is 3.64. The van der Waals surface area contributed by atoms with Crippen LogP contribution in [-0.4, -0.2) is 19.2 Å². The van der Waals surface area contributed by atoms with Crippen molar-refractivity contribution < 1.29 is 9.13 Å². The van der Waals surface area contributed by atoms with E-state index in [2.05, 4.69) is 21.2 Å². The minimum atomic E-state index is -0.310. The second-order valence-corrected chi connectivity index (χ2v) is 3.89. The van der Waals surface area contributed by atoms with E-state index in [1.165, 1.54) is 6.07 Å². The van der Waals surface area contributed by atoms with Gasteiger partial charge in [0.05, 0.1) is 0 Å². The van der Waals surface area contributed by atoms with E-state index in [-0.39, 0.29) is 11.9 Å². The van der Waals surface area contributed by atoms with Crippen LogP contribution >= 0.6 is 15.9 Å². The number of hydrogen-bond donors (Lipinski definition) is 1. The third kappa shape index (κ3) is 2.00. The van der Waals surface area contributed by atoms with Gasteiger partial charge in [-0.2, -0.15) is 0 Å². The van der Waals surface area contributed by atoms with E-state index in [1.807, 2.05) is 0 Å². The van der Waals surface area contributed by atoms with E-state index in [4.69, 9.17) is 4.74 Å². The number of benzene rings is 1. The molecule has 0 spiro atoms. The summed E-state index contributed by atoms with van der Waals surface area (Å²) in [4.78, 5) is 0. The van der Waals surface area contributed by atoms with Gasteiger partial charge in [0.1, 0.15) is 6.10 Å². The van der Waals surface area contributed by atoms with Crippen LogP contribution in [0.25, 0.3) is 0 Å². The number of ether oxygens (including phenoxy) is 1. The van der Waals surface area contributed by atoms with Crippen LogP contribution in [0.15, 0.2) is 22.7 Å². The Morgan fingerprint density at radius 3 is 2.85 bits per heavy atom. The highest BCUT2D eigenvalue weighted by atomic mass is 79.9. The molecule has 2 rings (SSSR count). The van der Waals surface area contributed by atoms with Crippen LogP contribution in [0, 0.1) is 5.82 Å². The van der Waals surface area contributed by atoms with Crippen LogP contribution in [0.4, 0.5) is 4.39 Å². The molecule has 1 aromatic rings. The molecule has 0 radical (unpaired) electrons. The molecule has 13 heavy (non-hydrogen) atoms. The van der Waals surface area contributed by atoms with Gasteiger partial charge in [-0.1, -0.05) is 15.9 Å².